The highest BCUT2D eigenvalue weighted by atomic mass is 19.1. The first-order valence-corrected chi connectivity index (χ1v) is 7.77. The molecule has 1 atom stereocenters. The Hall–Kier alpha value is -3.28. The average Bonchev–Trinajstić information content (AvgIpc) is 2.84. The van der Waals surface area contributed by atoms with Gasteiger partial charge in [0.05, 0.1) is 11.4 Å². The zero-order chi connectivity index (χ0) is 17.6. The molecule has 0 bridgehead atoms. The van der Waals surface area contributed by atoms with E-state index in [0.717, 1.165) is 11.3 Å². The summed E-state index contributed by atoms with van der Waals surface area (Å²) in [4.78, 5) is 20.5. The number of aliphatic imine (C=N–C) groups is 1. The number of aromatic carboxylic acids is 1. The number of carboxylic acids is 1. The molecule has 0 amide bonds. The Morgan fingerprint density at radius 3 is 2.64 bits per heavy atom. The van der Waals surface area contributed by atoms with Crippen LogP contribution in [0.5, 0.6) is 0 Å². The number of aromatic nitrogens is 2. The smallest absolute Gasteiger partial charge is 0.356 e. The Kier molecular flexibility index (Phi) is 3.46. The molecule has 124 valence electrons. The van der Waals surface area contributed by atoms with Crippen molar-refractivity contribution in [3.63, 3.8) is 0 Å². The molecule has 0 fully saturated rings. The Labute approximate surface area is 143 Å². The van der Waals surface area contributed by atoms with Crippen LogP contribution in [0.15, 0.2) is 53.5 Å². The van der Waals surface area contributed by atoms with E-state index in [1.54, 1.807) is 35.9 Å². The Bertz CT molecular complexity index is 1020. The van der Waals surface area contributed by atoms with Crippen LogP contribution in [0.2, 0.25) is 0 Å². The van der Waals surface area contributed by atoms with Crippen LogP contribution >= 0.6 is 0 Å². The number of halogens is 1. The third-order valence-corrected chi connectivity index (χ3v) is 4.28. The number of carbonyl (C=O) groups is 1. The van der Waals surface area contributed by atoms with E-state index in [9.17, 15) is 14.3 Å². The van der Waals surface area contributed by atoms with Gasteiger partial charge in [-0.1, -0.05) is 36.4 Å². The van der Waals surface area contributed by atoms with Crippen molar-refractivity contribution in [1.29, 1.82) is 0 Å². The second-order valence-electron chi connectivity index (χ2n) is 5.79. The van der Waals surface area contributed by atoms with E-state index >= 15 is 0 Å². The number of imidazole rings is 1. The summed E-state index contributed by atoms with van der Waals surface area (Å²) in [6.07, 6.45) is 1.66. The number of aryl methyl sites for hydroxylation is 1. The number of hydrogen-bond donors (Lipinski definition) is 1. The fourth-order valence-electron chi connectivity index (χ4n) is 3.21. The zero-order valence-corrected chi connectivity index (χ0v) is 13.3. The summed E-state index contributed by atoms with van der Waals surface area (Å²) < 4.78 is 16.2. The summed E-state index contributed by atoms with van der Waals surface area (Å²) in [7, 11) is 0. The van der Waals surface area contributed by atoms with E-state index in [4.69, 9.17) is 0 Å². The molecule has 1 aromatic heterocycles. The minimum atomic E-state index is -1.16. The predicted octanol–water partition coefficient (Wildman–Crippen LogP) is 3.54. The molecule has 1 aliphatic rings. The summed E-state index contributed by atoms with van der Waals surface area (Å²) in [5, 5.41) is 9.61. The van der Waals surface area contributed by atoms with Gasteiger partial charge in [-0.2, -0.15) is 0 Å². The number of carboxylic acid groups (broad SMARTS) is 1. The molecule has 3 aromatic rings. The number of rotatable bonds is 2. The topological polar surface area (TPSA) is 67.5 Å². The fraction of sp³-hybridized carbons (Fsp3) is 0.105. The van der Waals surface area contributed by atoms with Crippen molar-refractivity contribution in [2.24, 2.45) is 4.99 Å². The van der Waals surface area contributed by atoms with Crippen molar-refractivity contribution in [3.05, 3.63) is 82.7 Å². The first-order chi connectivity index (χ1) is 12.1. The first kappa shape index (κ1) is 15.3. The molecular formula is C19H14FN3O2. The van der Waals surface area contributed by atoms with Gasteiger partial charge in [0.2, 0.25) is 0 Å². The second kappa shape index (κ2) is 5.66. The van der Waals surface area contributed by atoms with Gasteiger partial charge < -0.3 is 5.11 Å². The molecule has 0 radical (unpaired) electrons. The molecule has 25 heavy (non-hydrogen) atoms. The van der Waals surface area contributed by atoms with Crippen molar-refractivity contribution >= 4 is 12.2 Å². The summed E-state index contributed by atoms with van der Waals surface area (Å²) >= 11 is 0. The van der Waals surface area contributed by atoms with E-state index in [1.807, 2.05) is 24.3 Å². The molecule has 4 rings (SSSR count). The average molecular weight is 335 g/mol. The summed E-state index contributed by atoms with van der Waals surface area (Å²) in [6, 6.07) is 13.0. The third-order valence-electron chi connectivity index (χ3n) is 4.28. The van der Waals surface area contributed by atoms with Crippen LogP contribution in [0.4, 0.5) is 4.39 Å². The van der Waals surface area contributed by atoms with E-state index in [1.165, 1.54) is 6.07 Å². The van der Waals surface area contributed by atoms with Crippen molar-refractivity contribution < 1.29 is 14.3 Å². The number of para-hydroxylation sites is 1. The van der Waals surface area contributed by atoms with Gasteiger partial charge in [0.1, 0.15) is 17.7 Å². The number of fused-ring (bicyclic) bond motifs is 3. The lowest BCUT2D eigenvalue weighted by Gasteiger charge is -2.16. The second-order valence-corrected chi connectivity index (χ2v) is 5.79. The lowest BCUT2D eigenvalue weighted by atomic mass is 10.0. The van der Waals surface area contributed by atoms with Gasteiger partial charge in [0.25, 0.3) is 0 Å². The van der Waals surface area contributed by atoms with Crippen LogP contribution in [0.25, 0.3) is 5.69 Å². The third kappa shape index (κ3) is 2.34. The van der Waals surface area contributed by atoms with E-state index in [-0.39, 0.29) is 5.69 Å². The lowest BCUT2D eigenvalue weighted by Crippen LogP contribution is -2.12. The quantitative estimate of drug-likeness (QED) is 0.779. The van der Waals surface area contributed by atoms with E-state index < -0.39 is 17.8 Å². The molecule has 2 aromatic carbocycles. The molecule has 1 unspecified atom stereocenters. The minimum absolute atomic E-state index is 0.111. The molecule has 0 saturated carbocycles. The Morgan fingerprint density at radius 1 is 1.16 bits per heavy atom. The van der Waals surface area contributed by atoms with Gasteiger partial charge in [0, 0.05) is 17.3 Å². The van der Waals surface area contributed by atoms with Gasteiger partial charge in [-0.15, -0.1) is 0 Å². The highest BCUT2D eigenvalue weighted by Gasteiger charge is 2.31. The Morgan fingerprint density at radius 2 is 1.88 bits per heavy atom. The van der Waals surface area contributed by atoms with E-state index in [0.29, 0.717) is 17.1 Å². The van der Waals surface area contributed by atoms with Gasteiger partial charge in [0.15, 0.2) is 5.69 Å². The summed E-state index contributed by atoms with van der Waals surface area (Å²) in [6.45, 7) is 1.73. The maximum Gasteiger partial charge on any atom is 0.356 e. The maximum atomic E-state index is 14.4. The maximum absolute atomic E-state index is 14.4. The molecule has 2 heterocycles. The summed E-state index contributed by atoms with van der Waals surface area (Å²) in [5.74, 6) is -1.07. The minimum Gasteiger partial charge on any atom is -0.476 e. The first-order valence-electron chi connectivity index (χ1n) is 7.77. The van der Waals surface area contributed by atoms with E-state index in [2.05, 4.69) is 9.98 Å². The normalized spacial score (nSPS) is 15.4. The number of nitrogens with zero attached hydrogens (tertiary/aromatic N) is 3. The summed E-state index contributed by atoms with van der Waals surface area (Å²) in [5.41, 5.74) is 2.16. The molecule has 0 aliphatic carbocycles. The number of hydrogen-bond acceptors (Lipinski definition) is 3. The van der Waals surface area contributed by atoms with Crippen molar-refractivity contribution in [1.82, 2.24) is 9.55 Å². The predicted molar refractivity (Wildman–Crippen MR) is 91.1 cm³/mol. The monoisotopic (exact) mass is 335 g/mol. The van der Waals surface area contributed by atoms with Crippen molar-refractivity contribution in [2.75, 3.05) is 0 Å². The SMILES string of the molecule is Cc1nc(C(=O)O)c2n1-c1ccccc1C=NC2c1ccccc1F. The highest BCUT2D eigenvalue weighted by Crippen LogP contribution is 2.35. The van der Waals surface area contributed by atoms with Crippen LogP contribution in [-0.2, 0) is 0 Å². The number of benzene rings is 2. The fourth-order valence-corrected chi connectivity index (χ4v) is 3.21. The molecule has 1 aliphatic heterocycles. The van der Waals surface area contributed by atoms with Gasteiger partial charge >= 0.3 is 5.97 Å². The molecule has 1 N–H and O–H groups in total. The van der Waals surface area contributed by atoms with Gasteiger partial charge in [-0.25, -0.2) is 14.2 Å². The standard InChI is InChI=1S/C19H14FN3O2/c1-11-22-17(19(24)25)18-16(13-7-3-4-8-14(13)20)21-10-12-6-2-5-9-15(12)23(11)18/h2-10,16H,1H3,(H,24,25). The molecule has 0 spiro atoms. The Balaban J connectivity index is 2.08. The van der Waals surface area contributed by atoms with Gasteiger partial charge in [-0.3, -0.25) is 9.56 Å². The van der Waals surface area contributed by atoms with Crippen LogP contribution in [0.1, 0.15) is 39.2 Å². The zero-order valence-electron chi connectivity index (χ0n) is 13.3. The van der Waals surface area contributed by atoms with Crippen molar-refractivity contribution in [2.45, 2.75) is 13.0 Å². The van der Waals surface area contributed by atoms with Crippen LogP contribution in [-0.4, -0.2) is 26.8 Å². The van der Waals surface area contributed by atoms with Crippen molar-refractivity contribution in [3.8, 4) is 5.69 Å². The highest BCUT2D eigenvalue weighted by molar-refractivity contribution is 5.90. The lowest BCUT2D eigenvalue weighted by molar-refractivity contribution is 0.0689. The van der Waals surface area contributed by atoms with Gasteiger partial charge in [-0.05, 0) is 19.1 Å². The molecular weight excluding hydrogens is 321 g/mol. The van der Waals surface area contributed by atoms with Crippen LogP contribution in [0, 0.1) is 12.7 Å². The van der Waals surface area contributed by atoms with Crippen LogP contribution in [0.3, 0.4) is 0 Å². The molecule has 5 nitrogen and oxygen atoms in total. The largest absolute Gasteiger partial charge is 0.476 e. The molecule has 6 heteroatoms. The molecule has 0 saturated heterocycles. The van der Waals surface area contributed by atoms with Crippen LogP contribution < -0.4 is 0 Å².